The average Bonchev–Trinajstić information content (AvgIpc) is 3.07. The summed E-state index contributed by atoms with van der Waals surface area (Å²) in [6, 6.07) is 8.42. The van der Waals surface area contributed by atoms with E-state index in [0.717, 1.165) is 45.3 Å². The van der Waals surface area contributed by atoms with E-state index in [1.54, 1.807) is 0 Å². The van der Waals surface area contributed by atoms with Gasteiger partial charge in [-0.1, -0.05) is 41.5 Å². The number of rotatable bonds is 6. The molecule has 2 aliphatic heterocycles. The van der Waals surface area contributed by atoms with Crippen molar-refractivity contribution >= 4 is 34.7 Å². The first kappa shape index (κ1) is 42.1. The molecule has 0 bridgehead atoms. The molecule has 6 rings (SSSR count). The van der Waals surface area contributed by atoms with Crippen molar-refractivity contribution in [3.05, 3.63) is 98.8 Å². The van der Waals surface area contributed by atoms with Crippen molar-refractivity contribution < 1.29 is 27.2 Å². The van der Waals surface area contributed by atoms with Gasteiger partial charge in [-0.05, 0) is 96.7 Å². The van der Waals surface area contributed by atoms with Gasteiger partial charge in [0.2, 0.25) is 23.7 Å². The molecule has 0 unspecified atom stereocenters. The maximum atomic E-state index is 13.6. The summed E-state index contributed by atoms with van der Waals surface area (Å²) in [4.78, 5) is 40.9. The summed E-state index contributed by atoms with van der Waals surface area (Å²) in [7, 11) is 0. The van der Waals surface area contributed by atoms with Gasteiger partial charge >= 0.3 is 0 Å². The highest BCUT2D eigenvalue weighted by molar-refractivity contribution is 5.93. The molecule has 0 aliphatic carbocycles. The first-order valence-electron chi connectivity index (χ1n) is 18.9. The molecule has 56 heavy (non-hydrogen) atoms. The minimum absolute atomic E-state index is 0.00178. The Morgan fingerprint density at radius 3 is 1.52 bits per heavy atom. The molecule has 3 aromatic heterocycles. The van der Waals surface area contributed by atoms with E-state index in [0.29, 0.717) is 74.4 Å². The van der Waals surface area contributed by atoms with Crippen LogP contribution in [0.3, 0.4) is 0 Å². The molecule has 0 saturated carbocycles. The number of amides is 2. The molecule has 0 fully saturated rings. The molecule has 9 nitrogen and oxygen atoms in total. The van der Waals surface area contributed by atoms with Gasteiger partial charge in [-0.3, -0.25) is 9.59 Å². The van der Waals surface area contributed by atoms with E-state index < -0.39 is 23.5 Å². The van der Waals surface area contributed by atoms with Crippen molar-refractivity contribution in [3.8, 4) is 0 Å². The van der Waals surface area contributed by atoms with Crippen molar-refractivity contribution in [2.24, 2.45) is 10.8 Å². The predicted octanol–water partition coefficient (Wildman–Crippen LogP) is 9.22. The van der Waals surface area contributed by atoms with Gasteiger partial charge in [0.25, 0.3) is 0 Å². The Bertz CT molecular complexity index is 1950. The van der Waals surface area contributed by atoms with Crippen molar-refractivity contribution in [2.45, 2.75) is 108 Å². The second-order valence-electron chi connectivity index (χ2n) is 17.4. The van der Waals surface area contributed by atoms with Crippen LogP contribution < -0.4 is 20.4 Å². The van der Waals surface area contributed by atoms with Crippen molar-refractivity contribution in [3.63, 3.8) is 0 Å². The molecule has 5 heterocycles. The molecule has 2 amide bonds. The van der Waals surface area contributed by atoms with Crippen LogP contribution in [0.1, 0.15) is 99.3 Å². The minimum Gasteiger partial charge on any atom is -0.367 e. The fraction of sp³-hybridized carbons (Fsp3) is 0.465. The highest BCUT2D eigenvalue weighted by Gasteiger charge is 2.25. The van der Waals surface area contributed by atoms with Crippen LogP contribution in [0.2, 0.25) is 0 Å². The molecular formula is C43H53F4N7O2. The van der Waals surface area contributed by atoms with Gasteiger partial charge in [-0.2, -0.15) is 8.78 Å². The van der Waals surface area contributed by atoms with Crippen LogP contribution in [0.15, 0.2) is 30.3 Å². The van der Waals surface area contributed by atoms with E-state index in [4.69, 9.17) is 0 Å². The quantitative estimate of drug-likeness (QED) is 0.149. The molecule has 0 saturated heterocycles. The molecule has 0 atom stereocenters. The van der Waals surface area contributed by atoms with Gasteiger partial charge in [0.1, 0.15) is 5.82 Å². The smallest absolute Gasteiger partial charge is 0.249 e. The Morgan fingerprint density at radius 2 is 1.05 bits per heavy atom. The maximum absolute atomic E-state index is 13.6. The van der Waals surface area contributed by atoms with Crippen LogP contribution in [0, 0.1) is 62.1 Å². The SMILES string of the molecule is Cc1cc(N2CCc3nc(F)c(F)cc3C2)cc(C)c1NC(=O)CC(C)(C)C.Cc1cc(N2CCc3nc(F)c(F)cc3C2)nc(C)c1NC(=O)CC(C)(C)C. The average molecular weight is 776 g/mol. The second-order valence-corrected chi connectivity index (χ2v) is 17.4. The van der Waals surface area contributed by atoms with E-state index in [1.807, 2.05) is 92.3 Å². The van der Waals surface area contributed by atoms with Crippen LogP contribution in [0.25, 0.3) is 0 Å². The van der Waals surface area contributed by atoms with Gasteiger partial charge < -0.3 is 20.4 Å². The van der Waals surface area contributed by atoms with Crippen molar-refractivity contribution in [2.75, 3.05) is 33.5 Å². The van der Waals surface area contributed by atoms with Gasteiger partial charge in [0, 0.05) is 63.2 Å². The number of carbonyl (C=O) groups is 2. The topological polar surface area (TPSA) is 103 Å². The number of hydrogen-bond acceptors (Lipinski definition) is 7. The number of fused-ring (bicyclic) bond motifs is 2. The van der Waals surface area contributed by atoms with E-state index in [1.165, 1.54) is 12.1 Å². The zero-order valence-corrected chi connectivity index (χ0v) is 34.1. The lowest BCUT2D eigenvalue weighted by Gasteiger charge is -2.31. The highest BCUT2D eigenvalue weighted by atomic mass is 19.2. The van der Waals surface area contributed by atoms with Gasteiger partial charge in [-0.25, -0.2) is 23.7 Å². The molecular weight excluding hydrogens is 723 g/mol. The van der Waals surface area contributed by atoms with E-state index in [2.05, 4.69) is 30.5 Å². The summed E-state index contributed by atoms with van der Waals surface area (Å²) < 4.78 is 53.8. The predicted molar refractivity (Wildman–Crippen MR) is 213 cm³/mol. The Labute approximate surface area is 327 Å². The highest BCUT2D eigenvalue weighted by Crippen LogP contribution is 2.32. The fourth-order valence-corrected chi connectivity index (χ4v) is 7.07. The lowest BCUT2D eigenvalue weighted by Crippen LogP contribution is -2.32. The fourth-order valence-electron chi connectivity index (χ4n) is 7.07. The summed E-state index contributed by atoms with van der Waals surface area (Å²) in [5.41, 5.74) is 8.59. The first-order valence-corrected chi connectivity index (χ1v) is 18.9. The number of nitrogens with one attached hydrogen (secondary N) is 2. The number of carbonyl (C=O) groups excluding carboxylic acids is 2. The summed E-state index contributed by atoms with van der Waals surface area (Å²) >= 11 is 0. The Hall–Kier alpha value is -5.07. The lowest BCUT2D eigenvalue weighted by molar-refractivity contribution is -0.118. The standard InChI is InChI=1S/C22H27F2N3O.C21H26F2N4O/c1-13-8-16(9-14(2)20(13)26-19(28)11-22(3,4)5)27-7-6-18-15(12-27)10-17(23)21(24)25-18;1-12-8-17(24-13(2)19(12)26-18(28)10-21(3,4)5)27-7-6-16-14(11-27)9-15(22)20(23)25-16/h8-10H,6-7,11-12H2,1-5H3,(H,26,28);8-9H,6-7,10-11H2,1-5H3,(H,26,28). The molecule has 4 aromatic rings. The Morgan fingerprint density at radius 1 is 0.625 bits per heavy atom. The monoisotopic (exact) mass is 775 g/mol. The largest absolute Gasteiger partial charge is 0.367 e. The molecule has 13 heteroatoms. The Balaban J connectivity index is 0.000000214. The first-order chi connectivity index (χ1) is 26.1. The van der Waals surface area contributed by atoms with Crippen molar-refractivity contribution in [1.82, 2.24) is 15.0 Å². The van der Waals surface area contributed by atoms with Crippen LogP contribution in [-0.4, -0.2) is 39.9 Å². The zero-order valence-electron chi connectivity index (χ0n) is 34.1. The van der Waals surface area contributed by atoms with E-state index in [9.17, 15) is 27.2 Å². The third-order valence-corrected chi connectivity index (χ3v) is 9.66. The molecule has 2 aliphatic rings. The molecule has 300 valence electrons. The molecule has 2 N–H and O–H groups in total. The summed E-state index contributed by atoms with van der Waals surface area (Å²) in [5.74, 6) is -3.21. The second kappa shape index (κ2) is 16.6. The number of anilines is 4. The maximum Gasteiger partial charge on any atom is 0.249 e. The number of pyridine rings is 3. The van der Waals surface area contributed by atoms with Crippen LogP contribution in [-0.2, 0) is 35.5 Å². The number of benzene rings is 1. The zero-order chi connectivity index (χ0) is 41.3. The summed E-state index contributed by atoms with van der Waals surface area (Å²) in [6.45, 7) is 22.1. The number of hydrogen-bond donors (Lipinski definition) is 2. The molecule has 0 radical (unpaired) electrons. The number of aromatic nitrogens is 3. The Kier molecular flexibility index (Phi) is 12.5. The van der Waals surface area contributed by atoms with E-state index in [-0.39, 0.29) is 22.6 Å². The van der Waals surface area contributed by atoms with Gasteiger partial charge in [0.15, 0.2) is 11.6 Å². The van der Waals surface area contributed by atoms with Crippen LogP contribution >= 0.6 is 0 Å². The van der Waals surface area contributed by atoms with Gasteiger partial charge in [-0.15, -0.1) is 0 Å². The molecule has 1 aromatic carbocycles. The number of nitrogens with zero attached hydrogens (tertiary/aromatic N) is 5. The molecule has 0 spiro atoms. The number of halogens is 4. The minimum atomic E-state index is -1.05. The third kappa shape index (κ3) is 10.6. The summed E-state index contributed by atoms with van der Waals surface area (Å²) in [5, 5.41) is 6.01. The normalized spacial score (nSPS) is 14.0. The summed E-state index contributed by atoms with van der Waals surface area (Å²) in [6.07, 6.45) is 1.96. The van der Waals surface area contributed by atoms with Crippen LogP contribution in [0.5, 0.6) is 0 Å². The lowest BCUT2D eigenvalue weighted by atomic mass is 9.92. The van der Waals surface area contributed by atoms with Gasteiger partial charge in [0.05, 0.1) is 22.8 Å². The van der Waals surface area contributed by atoms with E-state index >= 15 is 0 Å². The van der Waals surface area contributed by atoms with Crippen molar-refractivity contribution in [1.29, 1.82) is 0 Å². The third-order valence-electron chi connectivity index (χ3n) is 9.66. The van der Waals surface area contributed by atoms with Crippen LogP contribution in [0.4, 0.5) is 40.4 Å². The number of aryl methyl sites for hydroxylation is 4.